The van der Waals surface area contributed by atoms with Gasteiger partial charge < -0.3 is 4.74 Å². The molecule has 0 aliphatic heterocycles. The Morgan fingerprint density at radius 3 is 2.45 bits per heavy atom. The number of benzene rings is 1. The topological polar surface area (TPSA) is 62.0 Å². The van der Waals surface area contributed by atoms with Crippen molar-refractivity contribution < 1.29 is 4.74 Å². The van der Waals surface area contributed by atoms with Crippen molar-refractivity contribution in [1.82, 2.24) is 10.2 Å². The predicted octanol–water partition coefficient (Wildman–Crippen LogP) is 2.69. The molecule has 0 amide bonds. The first kappa shape index (κ1) is 13.8. The highest BCUT2D eigenvalue weighted by molar-refractivity contribution is 5.66. The molecule has 1 aromatic heterocycles. The van der Waals surface area contributed by atoms with Gasteiger partial charge in [0.05, 0.1) is 12.8 Å². The lowest BCUT2D eigenvalue weighted by Crippen LogP contribution is -2.10. The van der Waals surface area contributed by atoms with Crippen molar-refractivity contribution in [1.29, 1.82) is 5.26 Å². The molecule has 0 atom stereocenters. The molecule has 0 aliphatic carbocycles. The molecular formula is C15H16N4O. The Balaban J connectivity index is 2.42. The number of hydrogen-bond donors (Lipinski definition) is 0. The van der Waals surface area contributed by atoms with Gasteiger partial charge in [0, 0.05) is 12.6 Å². The summed E-state index contributed by atoms with van der Waals surface area (Å²) in [5.41, 5.74) is 3.92. The highest BCUT2D eigenvalue weighted by atomic mass is 16.5. The van der Waals surface area contributed by atoms with Crippen LogP contribution in [-0.4, -0.2) is 24.4 Å². The first-order valence-electron chi connectivity index (χ1n) is 6.19. The highest BCUT2D eigenvalue weighted by Gasteiger charge is 2.09. The monoisotopic (exact) mass is 268 g/mol. The summed E-state index contributed by atoms with van der Waals surface area (Å²) in [5, 5.41) is 17.1. The summed E-state index contributed by atoms with van der Waals surface area (Å²) in [6, 6.07) is 7.67. The molecular weight excluding hydrogens is 252 g/mol. The average molecular weight is 268 g/mol. The SMILES string of the molecule is COc1cc(C)c(-c2ccc(N(C)C#N)nn2)cc1C. The van der Waals surface area contributed by atoms with Gasteiger partial charge in [0.2, 0.25) is 0 Å². The molecule has 20 heavy (non-hydrogen) atoms. The minimum Gasteiger partial charge on any atom is -0.496 e. The average Bonchev–Trinajstić information content (AvgIpc) is 2.48. The highest BCUT2D eigenvalue weighted by Crippen LogP contribution is 2.29. The number of aromatic nitrogens is 2. The molecule has 5 heteroatoms. The van der Waals surface area contributed by atoms with Crippen molar-refractivity contribution >= 4 is 5.82 Å². The van der Waals surface area contributed by atoms with E-state index in [2.05, 4.69) is 10.2 Å². The Hall–Kier alpha value is -2.61. The van der Waals surface area contributed by atoms with Gasteiger partial charge in [-0.1, -0.05) is 0 Å². The van der Waals surface area contributed by atoms with E-state index >= 15 is 0 Å². The number of rotatable bonds is 3. The second-order valence-electron chi connectivity index (χ2n) is 4.57. The van der Waals surface area contributed by atoms with Crippen molar-refractivity contribution in [2.75, 3.05) is 19.1 Å². The number of nitriles is 1. The molecule has 0 spiro atoms. The van der Waals surface area contributed by atoms with E-state index in [4.69, 9.17) is 10.00 Å². The quantitative estimate of drug-likeness (QED) is 0.632. The molecule has 0 saturated heterocycles. The van der Waals surface area contributed by atoms with E-state index < -0.39 is 0 Å². The van der Waals surface area contributed by atoms with Crippen LogP contribution in [-0.2, 0) is 0 Å². The van der Waals surface area contributed by atoms with Gasteiger partial charge in [0.25, 0.3) is 0 Å². The molecule has 0 aliphatic rings. The third kappa shape index (κ3) is 2.54. The van der Waals surface area contributed by atoms with Crippen LogP contribution < -0.4 is 9.64 Å². The molecule has 0 saturated carbocycles. The number of anilines is 1. The molecule has 102 valence electrons. The maximum atomic E-state index is 8.81. The van der Waals surface area contributed by atoms with Gasteiger partial charge in [-0.15, -0.1) is 10.2 Å². The van der Waals surface area contributed by atoms with Crippen LogP contribution in [0, 0.1) is 25.3 Å². The smallest absolute Gasteiger partial charge is 0.185 e. The Kier molecular flexibility index (Phi) is 3.85. The third-order valence-electron chi connectivity index (χ3n) is 3.16. The zero-order valence-electron chi connectivity index (χ0n) is 12.0. The molecule has 1 heterocycles. The molecule has 0 bridgehead atoms. The Bertz CT molecular complexity index is 659. The van der Waals surface area contributed by atoms with E-state index in [1.54, 1.807) is 20.2 Å². The second kappa shape index (κ2) is 5.57. The first-order valence-corrected chi connectivity index (χ1v) is 6.19. The normalized spacial score (nSPS) is 9.95. The number of ether oxygens (including phenoxy) is 1. The van der Waals surface area contributed by atoms with Crippen LogP contribution in [0.1, 0.15) is 11.1 Å². The Labute approximate surface area is 118 Å². The third-order valence-corrected chi connectivity index (χ3v) is 3.16. The van der Waals surface area contributed by atoms with Crippen LogP contribution in [0.5, 0.6) is 5.75 Å². The van der Waals surface area contributed by atoms with E-state index in [1.165, 1.54) is 4.90 Å². The minimum absolute atomic E-state index is 0.527. The lowest BCUT2D eigenvalue weighted by Gasteiger charge is -2.11. The van der Waals surface area contributed by atoms with Gasteiger partial charge >= 0.3 is 0 Å². The second-order valence-corrected chi connectivity index (χ2v) is 4.57. The zero-order chi connectivity index (χ0) is 14.7. The van der Waals surface area contributed by atoms with Crippen molar-refractivity contribution in [3.05, 3.63) is 35.4 Å². The van der Waals surface area contributed by atoms with Crippen LogP contribution >= 0.6 is 0 Å². The molecule has 0 radical (unpaired) electrons. The summed E-state index contributed by atoms with van der Waals surface area (Å²) in [6.07, 6.45) is 1.99. The zero-order valence-corrected chi connectivity index (χ0v) is 12.0. The maximum absolute atomic E-state index is 8.81. The molecule has 2 aromatic rings. The number of hydrogen-bond acceptors (Lipinski definition) is 5. The van der Waals surface area contributed by atoms with Crippen LogP contribution in [0.2, 0.25) is 0 Å². The molecule has 1 aromatic carbocycles. The first-order chi connectivity index (χ1) is 9.56. The predicted molar refractivity (Wildman–Crippen MR) is 77.5 cm³/mol. The lowest BCUT2D eigenvalue weighted by molar-refractivity contribution is 0.411. The molecule has 0 unspecified atom stereocenters. The van der Waals surface area contributed by atoms with Gasteiger partial charge in [-0.25, -0.2) is 0 Å². The fraction of sp³-hybridized carbons (Fsp3) is 0.267. The summed E-state index contributed by atoms with van der Waals surface area (Å²) < 4.78 is 5.30. The Morgan fingerprint density at radius 2 is 1.90 bits per heavy atom. The fourth-order valence-electron chi connectivity index (χ4n) is 1.98. The van der Waals surface area contributed by atoms with Gasteiger partial charge in [-0.3, -0.25) is 4.90 Å². The summed E-state index contributed by atoms with van der Waals surface area (Å²) in [6.45, 7) is 4.00. The molecule has 2 rings (SSSR count). The van der Waals surface area contributed by atoms with Gasteiger partial charge in [-0.2, -0.15) is 5.26 Å². The van der Waals surface area contributed by atoms with Crippen molar-refractivity contribution in [3.8, 4) is 23.2 Å². The van der Waals surface area contributed by atoms with Crippen LogP contribution in [0.25, 0.3) is 11.3 Å². The fourth-order valence-corrected chi connectivity index (χ4v) is 1.98. The van der Waals surface area contributed by atoms with Crippen LogP contribution in [0.3, 0.4) is 0 Å². The van der Waals surface area contributed by atoms with Gasteiger partial charge in [0.1, 0.15) is 5.75 Å². The van der Waals surface area contributed by atoms with Crippen molar-refractivity contribution in [2.24, 2.45) is 0 Å². The van der Waals surface area contributed by atoms with E-state index in [-0.39, 0.29) is 0 Å². The van der Waals surface area contributed by atoms with E-state index in [1.807, 2.05) is 38.2 Å². The van der Waals surface area contributed by atoms with E-state index in [0.717, 1.165) is 28.1 Å². The van der Waals surface area contributed by atoms with E-state index in [9.17, 15) is 0 Å². The lowest BCUT2D eigenvalue weighted by atomic mass is 10.0. The summed E-state index contributed by atoms with van der Waals surface area (Å²) in [4.78, 5) is 1.36. The van der Waals surface area contributed by atoms with Crippen molar-refractivity contribution in [2.45, 2.75) is 13.8 Å². The maximum Gasteiger partial charge on any atom is 0.185 e. The number of aryl methyl sites for hydroxylation is 2. The Morgan fingerprint density at radius 1 is 1.15 bits per heavy atom. The summed E-state index contributed by atoms with van der Waals surface area (Å²) >= 11 is 0. The summed E-state index contributed by atoms with van der Waals surface area (Å²) in [7, 11) is 3.31. The molecule has 5 nitrogen and oxygen atoms in total. The number of methoxy groups -OCH3 is 1. The number of nitrogens with zero attached hydrogens (tertiary/aromatic N) is 4. The summed E-state index contributed by atoms with van der Waals surface area (Å²) in [5.74, 6) is 1.39. The van der Waals surface area contributed by atoms with Crippen LogP contribution in [0.15, 0.2) is 24.3 Å². The molecule has 0 N–H and O–H groups in total. The van der Waals surface area contributed by atoms with Gasteiger partial charge in [0.15, 0.2) is 12.0 Å². The van der Waals surface area contributed by atoms with Gasteiger partial charge in [-0.05, 0) is 49.2 Å². The van der Waals surface area contributed by atoms with E-state index in [0.29, 0.717) is 5.82 Å². The largest absolute Gasteiger partial charge is 0.496 e. The standard InChI is InChI=1S/C15H16N4O/c1-10-8-14(20-4)11(2)7-12(10)13-5-6-15(18-17-13)19(3)9-16/h5-8H,1-4H3. The minimum atomic E-state index is 0.527. The van der Waals surface area contributed by atoms with Crippen molar-refractivity contribution in [3.63, 3.8) is 0 Å². The van der Waals surface area contributed by atoms with Crippen LogP contribution in [0.4, 0.5) is 5.82 Å². The molecule has 0 fully saturated rings.